The second-order valence-electron chi connectivity index (χ2n) is 6.81. The molecule has 0 aliphatic heterocycles. The third-order valence-electron chi connectivity index (χ3n) is 4.73. The number of fused-ring (bicyclic) bond motifs is 1. The zero-order chi connectivity index (χ0) is 21.5. The molecule has 0 unspecified atom stereocenters. The summed E-state index contributed by atoms with van der Waals surface area (Å²) >= 11 is 0. The number of carbonyl (C=O) groups is 1. The highest BCUT2D eigenvalue weighted by atomic mass is 19.4. The standard InChI is InChI=1S/C23H14F4O3/c24-20-8-7-18(14-4-2-5-15(11-14)22(28)29)21-19(20)12-17(30-21)10-13-3-1-6-16(9-13)23(25,26)27/h1-9,11-12H,10H2,(H,28,29). The fourth-order valence-electron chi connectivity index (χ4n) is 3.33. The summed E-state index contributed by atoms with van der Waals surface area (Å²) in [4.78, 5) is 11.2. The molecule has 0 fully saturated rings. The quantitative estimate of drug-likeness (QED) is 0.386. The minimum Gasteiger partial charge on any atom is -0.478 e. The van der Waals surface area contributed by atoms with Crippen molar-refractivity contribution in [3.63, 3.8) is 0 Å². The largest absolute Gasteiger partial charge is 0.478 e. The average Bonchev–Trinajstić information content (AvgIpc) is 3.12. The van der Waals surface area contributed by atoms with Gasteiger partial charge in [-0.3, -0.25) is 0 Å². The third-order valence-corrected chi connectivity index (χ3v) is 4.73. The van der Waals surface area contributed by atoms with E-state index in [-0.39, 0.29) is 23.0 Å². The summed E-state index contributed by atoms with van der Waals surface area (Å²) in [6.45, 7) is 0. The molecule has 0 bridgehead atoms. The molecule has 3 nitrogen and oxygen atoms in total. The number of alkyl halides is 3. The van der Waals surface area contributed by atoms with Crippen LogP contribution in [-0.4, -0.2) is 11.1 Å². The van der Waals surface area contributed by atoms with Gasteiger partial charge in [0.05, 0.1) is 16.5 Å². The van der Waals surface area contributed by atoms with Crippen molar-refractivity contribution < 1.29 is 31.9 Å². The van der Waals surface area contributed by atoms with E-state index in [0.717, 1.165) is 12.1 Å². The van der Waals surface area contributed by atoms with Gasteiger partial charge in [-0.05, 0) is 47.5 Å². The van der Waals surface area contributed by atoms with E-state index in [1.54, 1.807) is 12.1 Å². The second-order valence-corrected chi connectivity index (χ2v) is 6.81. The van der Waals surface area contributed by atoms with E-state index in [4.69, 9.17) is 4.42 Å². The van der Waals surface area contributed by atoms with Crippen molar-refractivity contribution in [3.05, 3.63) is 95.0 Å². The Kier molecular flexibility index (Phi) is 4.81. The fraction of sp³-hybridized carbons (Fsp3) is 0.0870. The Morgan fingerprint density at radius 3 is 2.47 bits per heavy atom. The van der Waals surface area contributed by atoms with E-state index in [1.165, 1.54) is 42.5 Å². The smallest absolute Gasteiger partial charge is 0.416 e. The summed E-state index contributed by atoms with van der Waals surface area (Å²) in [6, 6.07) is 15.2. The van der Waals surface area contributed by atoms with Crippen LogP contribution in [0.2, 0.25) is 0 Å². The van der Waals surface area contributed by atoms with Crippen LogP contribution in [0, 0.1) is 5.82 Å². The SMILES string of the molecule is O=C(O)c1cccc(-c2ccc(F)c3cc(Cc4cccc(C(F)(F)F)c4)oc23)c1. The van der Waals surface area contributed by atoms with E-state index in [2.05, 4.69) is 0 Å². The maximum absolute atomic E-state index is 14.4. The van der Waals surface area contributed by atoms with Gasteiger partial charge in [0.1, 0.15) is 17.2 Å². The maximum Gasteiger partial charge on any atom is 0.416 e. The molecule has 0 radical (unpaired) electrons. The summed E-state index contributed by atoms with van der Waals surface area (Å²) in [5.74, 6) is -1.34. The zero-order valence-electron chi connectivity index (χ0n) is 15.3. The number of aromatic carboxylic acids is 1. The fourth-order valence-corrected chi connectivity index (χ4v) is 3.33. The van der Waals surface area contributed by atoms with Crippen molar-refractivity contribution in [1.29, 1.82) is 0 Å². The molecule has 30 heavy (non-hydrogen) atoms. The molecule has 0 spiro atoms. The summed E-state index contributed by atoms with van der Waals surface area (Å²) in [6.07, 6.45) is -4.41. The predicted octanol–water partition coefficient (Wildman–Crippen LogP) is 6.55. The van der Waals surface area contributed by atoms with Gasteiger partial charge in [-0.1, -0.05) is 30.3 Å². The number of hydrogen-bond donors (Lipinski definition) is 1. The van der Waals surface area contributed by atoms with Crippen molar-refractivity contribution in [2.24, 2.45) is 0 Å². The van der Waals surface area contributed by atoms with Crippen molar-refractivity contribution >= 4 is 16.9 Å². The molecular formula is C23H14F4O3. The highest BCUT2D eigenvalue weighted by Crippen LogP contribution is 2.34. The molecule has 1 aromatic heterocycles. The average molecular weight is 414 g/mol. The predicted molar refractivity (Wildman–Crippen MR) is 103 cm³/mol. The Morgan fingerprint density at radius 1 is 0.967 bits per heavy atom. The van der Waals surface area contributed by atoms with Gasteiger partial charge in [-0.2, -0.15) is 13.2 Å². The van der Waals surface area contributed by atoms with Crippen LogP contribution in [0.1, 0.15) is 27.2 Å². The van der Waals surface area contributed by atoms with E-state index in [1.807, 2.05) is 0 Å². The summed E-state index contributed by atoms with van der Waals surface area (Å²) < 4.78 is 59.0. The van der Waals surface area contributed by atoms with Crippen LogP contribution in [0.25, 0.3) is 22.1 Å². The zero-order valence-corrected chi connectivity index (χ0v) is 15.3. The van der Waals surface area contributed by atoms with E-state index in [0.29, 0.717) is 22.5 Å². The first kappa shape index (κ1) is 19.7. The molecule has 7 heteroatoms. The number of carboxylic acids is 1. The lowest BCUT2D eigenvalue weighted by molar-refractivity contribution is -0.137. The number of hydrogen-bond acceptors (Lipinski definition) is 2. The lowest BCUT2D eigenvalue weighted by Gasteiger charge is -2.08. The van der Waals surface area contributed by atoms with E-state index >= 15 is 0 Å². The lowest BCUT2D eigenvalue weighted by Crippen LogP contribution is -2.05. The van der Waals surface area contributed by atoms with Crippen LogP contribution in [0.3, 0.4) is 0 Å². The summed E-state index contributed by atoms with van der Waals surface area (Å²) in [7, 11) is 0. The number of furan rings is 1. The summed E-state index contributed by atoms with van der Waals surface area (Å²) in [5.41, 5.74) is 0.900. The first-order valence-electron chi connectivity index (χ1n) is 8.93. The molecule has 0 aliphatic rings. The molecule has 3 aromatic carbocycles. The number of carboxylic acid groups (broad SMARTS) is 1. The molecule has 1 heterocycles. The van der Waals surface area contributed by atoms with Crippen LogP contribution in [0.15, 0.2) is 71.1 Å². The lowest BCUT2D eigenvalue weighted by atomic mass is 10.0. The van der Waals surface area contributed by atoms with E-state index in [9.17, 15) is 27.5 Å². The molecule has 0 aliphatic carbocycles. The Morgan fingerprint density at radius 2 is 1.73 bits per heavy atom. The number of benzene rings is 3. The van der Waals surface area contributed by atoms with E-state index < -0.39 is 23.5 Å². The molecule has 0 saturated heterocycles. The molecule has 0 atom stereocenters. The van der Waals surface area contributed by atoms with Crippen LogP contribution in [0.4, 0.5) is 17.6 Å². The van der Waals surface area contributed by atoms with Crippen molar-refractivity contribution in [1.82, 2.24) is 0 Å². The highest BCUT2D eigenvalue weighted by molar-refractivity contribution is 5.95. The Labute approximate surface area is 168 Å². The van der Waals surface area contributed by atoms with Crippen molar-refractivity contribution in [2.45, 2.75) is 12.6 Å². The number of halogens is 4. The van der Waals surface area contributed by atoms with Gasteiger partial charge in [0.15, 0.2) is 0 Å². The molecule has 4 aromatic rings. The minimum atomic E-state index is -4.46. The first-order valence-corrected chi connectivity index (χ1v) is 8.93. The molecule has 4 rings (SSSR count). The summed E-state index contributed by atoms with van der Waals surface area (Å²) in [5, 5.41) is 9.37. The van der Waals surface area contributed by atoms with Crippen molar-refractivity contribution in [2.75, 3.05) is 0 Å². The maximum atomic E-state index is 14.4. The Hall–Kier alpha value is -3.61. The van der Waals surface area contributed by atoms with Gasteiger partial charge in [-0.15, -0.1) is 0 Å². The van der Waals surface area contributed by atoms with Gasteiger partial charge in [0, 0.05) is 12.0 Å². The van der Waals surface area contributed by atoms with Gasteiger partial charge >= 0.3 is 12.1 Å². The van der Waals surface area contributed by atoms with Crippen LogP contribution in [0.5, 0.6) is 0 Å². The molecular weight excluding hydrogens is 400 g/mol. The Balaban J connectivity index is 1.76. The van der Waals surface area contributed by atoms with Crippen molar-refractivity contribution in [3.8, 4) is 11.1 Å². The first-order chi connectivity index (χ1) is 14.2. The molecule has 1 N–H and O–H groups in total. The van der Waals surface area contributed by atoms with Crippen LogP contribution >= 0.6 is 0 Å². The highest BCUT2D eigenvalue weighted by Gasteiger charge is 2.30. The van der Waals surface area contributed by atoms with Gasteiger partial charge in [0.2, 0.25) is 0 Å². The third kappa shape index (κ3) is 3.78. The topological polar surface area (TPSA) is 50.4 Å². The monoisotopic (exact) mass is 414 g/mol. The van der Waals surface area contributed by atoms with Crippen LogP contribution < -0.4 is 0 Å². The normalized spacial score (nSPS) is 11.7. The molecule has 152 valence electrons. The van der Waals surface area contributed by atoms with Gasteiger partial charge < -0.3 is 9.52 Å². The second kappa shape index (κ2) is 7.33. The number of rotatable bonds is 4. The van der Waals surface area contributed by atoms with Gasteiger partial charge in [0.25, 0.3) is 0 Å². The molecule has 0 saturated carbocycles. The Bertz CT molecular complexity index is 1260. The van der Waals surface area contributed by atoms with Gasteiger partial charge in [-0.25, -0.2) is 9.18 Å². The van der Waals surface area contributed by atoms with Crippen LogP contribution in [-0.2, 0) is 12.6 Å². The minimum absolute atomic E-state index is 0.0483. The molecule has 0 amide bonds.